The van der Waals surface area contributed by atoms with Crippen LogP contribution in [0.25, 0.3) is 0 Å². The lowest BCUT2D eigenvalue weighted by atomic mass is 10.0. The third-order valence-electron chi connectivity index (χ3n) is 2.44. The predicted octanol–water partition coefficient (Wildman–Crippen LogP) is 3.97. The Morgan fingerprint density at radius 3 is 2.24 bits per heavy atom. The van der Waals surface area contributed by atoms with Crippen molar-refractivity contribution < 1.29 is 35.9 Å². The molecule has 0 heterocycles. The summed E-state index contributed by atoms with van der Waals surface area (Å²) < 4.78 is 80.1. The van der Waals surface area contributed by atoms with Gasteiger partial charge in [-0.15, -0.1) is 0 Å². The van der Waals surface area contributed by atoms with Gasteiger partial charge in [-0.3, -0.25) is 0 Å². The highest BCUT2D eigenvalue weighted by Crippen LogP contribution is 2.37. The van der Waals surface area contributed by atoms with Crippen molar-refractivity contribution in [2.45, 2.75) is 25.8 Å². The van der Waals surface area contributed by atoms with Crippen LogP contribution in [0.2, 0.25) is 0 Å². The van der Waals surface area contributed by atoms with Gasteiger partial charge in [0.15, 0.2) is 0 Å². The molecular weight excluding hydrogens is 304 g/mol. The molecule has 0 aliphatic rings. The first-order chi connectivity index (χ1) is 9.55. The van der Waals surface area contributed by atoms with Crippen LogP contribution in [0.3, 0.4) is 0 Å². The van der Waals surface area contributed by atoms with Crippen molar-refractivity contribution >= 4 is 6.09 Å². The number of carbonyl (C=O) groups excluding carboxylic acids is 1. The van der Waals surface area contributed by atoms with Crippen LogP contribution in [0, 0.1) is 0 Å². The van der Waals surface area contributed by atoms with Crippen molar-refractivity contribution in [3.05, 3.63) is 34.9 Å². The number of amides is 1. The summed E-state index contributed by atoms with van der Waals surface area (Å²) in [6, 6.07) is 1.22. The number of hydrogen-bond donors (Lipinski definition) is 1. The van der Waals surface area contributed by atoms with Crippen LogP contribution in [0.1, 0.15) is 23.6 Å². The van der Waals surface area contributed by atoms with E-state index in [1.54, 1.807) is 0 Å². The number of benzene rings is 1. The minimum absolute atomic E-state index is 0.0160. The lowest BCUT2D eigenvalue weighted by molar-refractivity contribution is -0.143. The van der Waals surface area contributed by atoms with Gasteiger partial charge in [-0.2, -0.15) is 26.3 Å². The van der Waals surface area contributed by atoms with Crippen molar-refractivity contribution in [2.24, 2.45) is 0 Å². The molecule has 118 valence electrons. The van der Waals surface area contributed by atoms with Crippen molar-refractivity contribution in [3.63, 3.8) is 0 Å². The highest BCUT2D eigenvalue weighted by molar-refractivity contribution is 5.67. The molecule has 1 amide bonds. The van der Waals surface area contributed by atoms with E-state index in [9.17, 15) is 31.1 Å². The second-order valence-electron chi connectivity index (χ2n) is 3.94. The molecule has 9 heteroatoms. The summed E-state index contributed by atoms with van der Waals surface area (Å²) in [6.45, 7) is 0.926. The number of ether oxygens (including phenoxy) is 1. The van der Waals surface area contributed by atoms with E-state index in [2.05, 4.69) is 4.74 Å². The number of rotatable bonds is 3. The summed E-state index contributed by atoms with van der Waals surface area (Å²) in [5.41, 5.74) is -3.34. The quantitative estimate of drug-likeness (QED) is 0.857. The van der Waals surface area contributed by atoms with Gasteiger partial charge in [0.05, 0.1) is 17.7 Å². The zero-order valence-corrected chi connectivity index (χ0v) is 10.7. The Morgan fingerprint density at radius 2 is 1.76 bits per heavy atom. The number of hydrogen-bond acceptors (Lipinski definition) is 2. The van der Waals surface area contributed by atoms with E-state index in [1.807, 2.05) is 5.32 Å². The summed E-state index contributed by atoms with van der Waals surface area (Å²) in [4.78, 5) is 11.0. The van der Waals surface area contributed by atoms with Gasteiger partial charge in [-0.1, -0.05) is 6.07 Å². The SMILES string of the molecule is CCOC(=O)NCc1ccc(C(F)(F)F)cc1C(F)(F)F. The van der Waals surface area contributed by atoms with Crippen LogP contribution >= 0.6 is 0 Å². The first-order valence-corrected chi connectivity index (χ1v) is 5.73. The molecule has 0 saturated heterocycles. The van der Waals surface area contributed by atoms with Gasteiger partial charge < -0.3 is 10.1 Å². The van der Waals surface area contributed by atoms with Gasteiger partial charge in [-0.05, 0) is 24.6 Å². The Labute approximate surface area is 115 Å². The number of carbonyl (C=O) groups is 1. The second-order valence-corrected chi connectivity index (χ2v) is 3.94. The Morgan fingerprint density at radius 1 is 1.14 bits per heavy atom. The molecule has 1 aromatic rings. The van der Waals surface area contributed by atoms with Gasteiger partial charge in [0, 0.05) is 6.54 Å². The molecule has 0 bridgehead atoms. The maximum Gasteiger partial charge on any atom is 0.416 e. The Balaban J connectivity index is 3.06. The third-order valence-corrected chi connectivity index (χ3v) is 2.44. The lowest BCUT2D eigenvalue weighted by Gasteiger charge is -2.16. The molecule has 0 fully saturated rings. The fourth-order valence-corrected chi connectivity index (χ4v) is 1.52. The maximum atomic E-state index is 12.8. The van der Waals surface area contributed by atoms with Crippen molar-refractivity contribution in [1.29, 1.82) is 0 Å². The molecule has 21 heavy (non-hydrogen) atoms. The average Bonchev–Trinajstić information content (AvgIpc) is 2.34. The van der Waals surface area contributed by atoms with Gasteiger partial charge in [-0.25, -0.2) is 4.79 Å². The number of alkyl halides is 6. The first kappa shape index (κ1) is 17.1. The zero-order chi connectivity index (χ0) is 16.3. The number of halogens is 6. The summed E-state index contributed by atoms with van der Waals surface area (Å²) in [5, 5.41) is 2.03. The monoisotopic (exact) mass is 315 g/mol. The van der Waals surface area contributed by atoms with E-state index in [-0.39, 0.29) is 12.7 Å². The van der Waals surface area contributed by atoms with Crippen molar-refractivity contribution in [2.75, 3.05) is 6.61 Å². The topological polar surface area (TPSA) is 38.3 Å². The minimum atomic E-state index is -4.97. The lowest BCUT2D eigenvalue weighted by Crippen LogP contribution is -2.25. The number of alkyl carbamates (subject to hydrolysis) is 1. The van der Waals surface area contributed by atoms with Gasteiger partial charge >= 0.3 is 18.4 Å². The van der Waals surface area contributed by atoms with Gasteiger partial charge in [0.1, 0.15) is 0 Å². The second kappa shape index (κ2) is 6.23. The van der Waals surface area contributed by atoms with Crippen LogP contribution < -0.4 is 5.32 Å². The molecule has 1 N–H and O–H groups in total. The molecule has 0 unspecified atom stereocenters. The molecule has 1 aromatic carbocycles. The molecule has 0 aromatic heterocycles. The van der Waals surface area contributed by atoms with Crippen LogP contribution in [-0.4, -0.2) is 12.7 Å². The fourth-order valence-electron chi connectivity index (χ4n) is 1.52. The largest absolute Gasteiger partial charge is 0.450 e. The molecule has 0 radical (unpaired) electrons. The summed E-state index contributed by atoms with van der Waals surface area (Å²) in [7, 11) is 0. The zero-order valence-electron chi connectivity index (χ0n) is 10.7. The highest BCUT2D eigenvalue weighted by atomic mass is 19.4. The van der Waals surface area contributed by atoms with E-state index < -0.39 is 41.7 Å². The predicted molar refractivity (Wildman–Crippen MR) is 60.3 cm³/mol. The molecule has 3 nitrogen and oxygen atoms in total. The average molecular weight is 315 g/mol. The Hall–Kier alpha value is -1.93. The third kappa shape index (κ3) is 4.83. The maximum absolute atomic E-state index is 12.8. The summed E-state index contributed by atoms with van der Waals surface area (Å²) in [6.07, 6.45) is -10.8. The van der Waals surface area contributed by atoms with Crippen LogP contribution in [0.4, 0.5) is 31.1 Å². The smallest absolute Gasteiger partial charge is 0.416 e. The van der Waals surface area contributed by atoms with E-state index >= 15 is 0 Å². The molecule has 0 saturated carbocycles. The van der Waals surface area contributed by atoms with E-state index in [4.69, 9.17) is 0 Å². The first-order valence-electron chi connectivity index (χ1n) is 5.73. The van der Waals surface area contributed by atoms with Crippen LogP contribution in [-0.2, 0) is 23.6 Å². The molecule has 0 spiro atoms. The van der Waals surface area contributed by atoms with Gasteiger partial charge in [0.25, 0.3) is 0 Å². The normalized spacial score (nSPS) is 12.1. The molecule has 0 atom stereocenters. The summed E-state index contributed by atoms with van der Waals surface area (Å²) >= 11 is 0. The van der Waals surface area contributed by atoms with Crippen LogP contribution in [0.5, 0.6) is 0 Å². The van der Waals surface area contributed by atoms with Gasteiger partial charge in [0.2, 0.25) is 0 Å². The van der Waals surface area contributed by atoms with Crippen molar-refractivity contribution in [3.8, 4) is 0 Å². The highest BCUT2D eigenvalue weighted by Gasteiger charge is 2.38. The molecule has 0 aliphatic carbocycles. The van der Waals surface area contributed by atoms with Crippen LogP contribution in [0.15, 0.2) is 18.2 Å². The Bertz CT molecular complexity index is 509. The molecule has 0 aliphatic heterocycles. The van der Waals surface area contributed by atoms with E-state index in [1.165, 1.54) is 6.92 Å². The number of nitrogens with one attached hydrogen (secondary N) is 1. The standard InChI is InChI=1S/C12H11F6NO2/c1-2-21-10(20)19-6-7-3-4-8(11(13,14)15)5-9(7)12(16,17)18/h3-5H,2,6H2,1H3,(H,19,20). The molecular formula is C12H11F6NO2. The molecule has 1 rings (SSSR count). The van der Waals surface area contributed by atoms with E-state index in [0.29, 0.717) is 12.1 Å². The van der Waals surface area contributed by atoms with E-state index in [0.717, 1.165) is 0 Å². The minimum Gasteiger partial charge on any atom is -0.450 e. The fraction of sp³-hybridized carbons (Fsp3) is 0.417. The Kier molecular flexibility index (Phi) is 5.08. The van der Waals surface area contributed by atoms with Crippen molar-refractivity contribution in [1.82, 2.24) is 5.32 Å². The summed E-state index contributed by atoms with van der Waals surface area (Å²) in [5.74, 6) is 0.